The molecule has 0 aromatic rings. The summed E-state index contributed by atoms with van der Waals surface area (Å²) >= 11 is 0. The summed E-state index contributed by atoms with van der Waals surface area (Å²) in [5, 5.41) is 0. The van der Waals surface area contributed by atoms with E-state index in [4.69, 9.17) is 18.9 Å². The minimum atomic E-state index is -0.489. The van der Waals surface area contributed by atoms with Crippen LogP contribution in [0.1, 0.15) is 40.0 Å². The van der Waals surface area contributed by atoms with Gasteiger partial charge >= 0.3 is 11.9 Å². The molecule has 1 unspecified atom stereocenters. The van der Waals surface area contributed by atoms with E-state index in [2.05, 4.69) is 0 Å². The third-order valence-electron chi connectivity index (χ3n) is 2.66. The smallest absolute Gasteiger partial charge is 0.309 e. The molecule has 0 bridgehead atoms. The lowest BCUT2D eigenvalue weighted by Gasteiger charge is -2.11. The normalized spacial score (nSPS) is 12.0. The van der Waals surface area contributed by atoms with Gasteiger partial charge in [0.25, 0.3) is 0 Å². The van der Waals surface area contributed by atoms with Crippen molar-refractivity contribution in [3.05, 3.63) is 0 Å². The highest BCUT2D eigenvalue weighted by atomic mass is 16.5. The minimum absolute atomic E-state index is 0.0406. The standard InChI is InChI=1S/C15H28O6/c1-4-18-8-6-10-20-14(16)12-13(3)15(17)21-11-7-9-19-5-2/h13H,4-12H2,1-3H3. The summed E-state index contributed by atoms with van der Waals surface area (Å²) in [7, 11) is 0. The van der Waals surface area contributed by atoms with Crippen molar-refractivity contribution >= 4 is 11.9 Å². The maximum absolute atomic E-state index is 11.6. The third kappa shape index (κ3) is 12.3. The van der Waals surface area contributed by atoms with Crippen molar-refractivity contribution in [2.24, 2.45) is 5.92 Å². The molecule has 0 saturated heterocycles. The number of carbonyl (C=O) groups excluding carboxylic acids is 2. The SMILES string of the molecule is CCOCCCOC(=O)CC(C)C(=O)OCCCOCC. The number of ether oxygens (including phenoxy) is 4. The van der Waals surface area contributed by atoms with Gasteiger partial charge in [-0.1, -0.05) is 6.92 Å². The number of carbonyl (C=O) groups is 2. The van der Waals surface area contributed by atoms with Crippen molar-refractivity contribution in [3.63, 3.8) is 0 Å². The number of hydrogen-bond acceptors (Lipinski definition) is 6. The van der Waals surface area contributed by atoms with E-state index in [0.29, 0.717) is 52.5 Å². The van der Waals surface area contributed by atoms with Gasteiger partial charge in [0, 0.05) is 39.3 Å². The summed E-state index contributed by atoms with van der Waals surface area (Å²) in [5.41, 5.74) is 0. The monoisotopic (exact) mass is 304 g/mol. The molecule has 0 aliphatic carbocycles. The molecule has 0 fully saturated rings. The molecule has 1 atom stereocenters. The largest absolute Gasteiger partial charge is 0.466 e. The number of rotatable bonds is 13. The average Bonchev–Trinajstić information content (AvgIpc) is 2.46. The van der Waals surface area contributed by atoms with Crippen LogP contribution < -0.4 is 0 Å². The van der Waals surface area contributed by atoms with Gasteiger partial charge in [-0.25, -0.2) is 0 Å². The van der Waals surface area contributed by atoms with Gasteiger partial charge < -0.3 is 18.9 Å². The van der Waals surface area contributed by atoms with Gasteiger partial charge in [0.05, 0.1) is 25.6 Å². The van der Waals surface area contributed by atoms with Crippen LogP contribution in [0.5, 0.6) is 0 Å². The summed E-state index contributed by atoms with van der Waals surface area (Å²) in [5.74, 6) is -1.25. The van der Waals surface area contributed by atoms with Gasteiger partial charge in [-0.15, -0.1) is 0 Å². The van der Waals surface area contributed by atoms with Crippen LogP contribution in [0.15, 0.2) is 0 Å². The van der Waals surface area contributed by atoms with Crippen molar-refractivity contribution < 1.29 is 28.5 Å². The number of esters is 2. The van der Waals surface area contributed by atoms with Crippen LogP contribution >= 0.6 is 0 Å². The molecule has 0 aliphatic heterocycles. The van der Waals surface area contributed by atoms with Gasteiger partial charge in [-0.3, -0.25) is 9.59 Å². The molecule has 0 aromatic carbocycles. The molecule has 21 heavy (non-hydrogen) atoms. The molecular formula is C15H28O6. The van der Waals surface area contributed by atoms with Crippen molar-refractivity contribution in [1.82, 2.24) is 0 Å². The van der Waals surface area contributed by atoms with Crippen LogP contribution in [0.2, 0.25) is 0 Å². The zero-order chi connectivity index (χ0) is 15.9. The quantitative estimate of drug-likeness (QED) is 0.382. The average molecular weight is 304 g/mol. The van der Waals surface area contributed by atoms with E-state index in [-0.39, 0.29) is 18.4 Å². The van der Waals surface area contributed by atoms with E-state index in [9.17, 15) is 9.59 Å². The highest BCUT2D eigenvalue weighted by Crippen LogP contribution is 2.07. The Morgan fingerprint density at radius 1 is 0.857 bits per heavy atom. The lowest BCUT2D eigenvalue weighted by molar-refractivity contribution is -0.155. The zero-order valence-electron chi connectivity index (χ0n) is 13.4. The predicted molar refractivity (Wildman–Crippen MR) is 77.9 cm³/mol. The van der Waals surface area contributed by atoms with Crippen LogP contribution in [0.3, 0.4) is 0 Å². The first-order valence-electron chi connectivity index (χ1n) is 7.59. The second-order valence-electron chi connectivity index (χ2n) is 4.59. The van der Waals surface area contributed by atoms with Gasteiger partial charge in [-0.2, -0.15) is 0 Å². The predicted octanol–water partition coefficient (Wildman–Crippen LogP) is 1.95. The maximum Gasteiger partial charge on any atom is 0.309 e. The van der Waals surface area contributed by atoms with Crippen molar-refractivity contribution in [2.75, 3.05) is 39.6 Å². The van der Waals surface area contributed by atoms with E-state index in [0.717, 1.165) is 0 Å². The zero-order valence-corrected chi connectivity index (χ0v) is 13.4. The van der Waals surface area contributed by atoms with Crippen molar-refractivity contribution in [1.29, 1.82) is 0 Å². The van der Waals surface area contributed by atoms with Gasteiger partial charge in [-0.05, 0) is 13.8 Å². The van der Waals surface area contributed by atoms with Gasteiger partial charge in [0.1, 0.15) is 0 Å². The molecular weight excluding hydrogens is 276 g/mol. The van der Waals surface area contributed by atoms with Crippen LogP contribution in [-0.2, 0) is 28.5 Å². The number of hydrogen-bond donors (Lipinski definition) is 0. The van der Waals surface area contributed by atoms with E-state index in [1.54, 1.807) is 6.92 Å². The summed E-state index contributed by atoms with van der Waals surface area (Å²) in [6.45, 7) is 8.55. The van der Waals surface area contributed by atoms with E-state index in [1.807, 2.05) is 13.8 Å². The van der Waals surface area contributed by atoms with Gasteiger partial charge in [0.2, 0.25) is 0 Å². The summed E-state index contributed by atoms with van der Waals surface area (Å²) < 4.78 is 20.4. The Balaban J connectivity index is 3.62. The highest BCUT2D eigenvalue weighted by molar-refractivity contribution is 5.79. The first-order valence-corrected chi connectivity index (χ1v) is 7.59. The molecule has 0 aromatic heterocycles. The Hall–Kier alpha value is -1.14. The van der Waals surface area contributed by atoms with E-state index < -0.39 is 5.92 Å². The van der Waals surface area contributed by atoms with Crippen LogP contribution in [0.25, 0.3) is 0 Å². The molecule has 0 saturated carbocycles. The summed E-state index contributed by atoms with van der Waals surface area (Å²) in [6.07, 6.45) is 1.36. The third-order valence-corrected chi connectivity index (χ3v) is 2.66. The Morgan fingerprint density at radius 3 is 1.90 bits per heavy atom. The molecule has 0 N–H and O–H groups in total. The minimum Gasteiger partial charge on any atom is -0.466 e. The van der Waals surface area contributed by atoms with Crippen LogP contribution in [0.4, 0.5) is 0 Å². The lowest BCUT2D eigenvalue weighted by Crippen LogP contribution is -2.20. The van der Waals surface area contributed by atoms with Gasteiger partial charge in [0.15, 0.2) is 0 Å². The molecule has 124 valence electrons. The topological polar surface area (TPSA) is 71.1 Å². The van der Waals surface area contributed by atoms with Crippen molar-refractivity contribution in [2.45, 2.75) is 40.0 Å². The van der Waals surface area contributed by atoms with Crippen LogP contribution in [-0.4, -0.2) is 51.6 Å². The second-order valence-corrected chi connectivity index (χ2v) is 4.59. The maximum atomic E-state index is 11.6. The molecule has 0 rings (SSSR count). The molecule has 0 radical (unpaired) electrons. The first kappa shape index (κ1) is 19.9. The molecule has 0 amide bonds. The molecule has 0 aliphatic rings. The van der Waals surface area contributed by atoms with E-state index in [1.165, 1.54) is 0 Å². The molecule has 0 heterocycles. The Kier molecular flexibility index (Phi) is 13.1. The summed E-state index contributed by atoms with van der Waals surface area (Å²) in [4.78, 5) is 23.2. The Labute approximate surface area is 127 Å². The molecule has 6 heteroatoms. The lowest BCUT2D eigenvalue weighted by atomic mass is 10.1. The Bertz CT molecular complexity index is 279. The van der Waals surface area contributed by atoms with Crippen LogP contribution in [0, 0.1) is 5.92 Å². The first-order chi connectivity index (χ1) is 10.1. The van der Waals surface area contributed by atoms with E-state index >= 15 is 0 Å². The van der Waals surface area contributed by atoms with Crippen molar-refractivity contribution in [3.8, 4) is 0 Å². The fourth-order valence-corrected chi connectivity index (χ4v) is 1.50. The highest BCUT2D eigenvalue weighted by Gasteiger charge is 2.19. The molecule has 0 spiro atoms. The molecule has 6 nitrogen and oxygen atoms in total. The second kappa shape index (κ2) is 13.8. The Morgan fingerprint density at radius 2 is 1.38 bits per heavy atom. The fourth-order valence-electron chi connectivity index (χ4n) is 1.50. The summed E-state index contributed by atoms with van der Waals surface area (Å²) in [6, 6.07) is 0. The fraction of sp³-hybridized carbons (Fsp3) is 0.867.